The standard InChI is InChI=1S/C6H12ClNO2.Na/c1-4(2)3-5(8-7)6(9)10;/h4-5,8H,3H2,1-2H3,(H,9,10);/t5-;/m0./s1. The fourth-order valence-electron chi connectivity index (χ4n) is 0.663. The van der Waals surface area contributed by atoms with Crippen LogP contribution in [0.25, 0.3) is 0 Å². The first-order valence-electron chi connectivity index (χ1n) is 3.17. The number of carbonyl (C=O) groups is 1. The Labute approximate surface area is 93.9 Å². The minimum Gasteiger partial charge on any atom is -0.480 e. The average molecular weight is 189 g/mol. The van der Waals surface area contributed by atoms with E-state index in [-0.39, 0.29) is 29.6 Å². The largest absolute Gasteiger partial charge is 0.480 e. The second-order valence-electron chi connectivity index (χ2n) is 2.63. The summed E-state index contributed by atoms with van der Waals surface area (Å²) in [7, 11) is 0. The number of rotatable bonds is 4. The van der Waals surface area contributed by atoms with Crippen molar-refractivity contribution in [2.75, 3.05) is 0 Å². The smallest absolute Gasteiger partial charge is 0.321 e. The summed E-state index contributed by atoms with van der Waals surface area (Å²) in [5.41, 5.74) is 0. The topological polar surface area (TPSA) is 49.3 Å². The third-order valence-electron chi connectivity index (χ3n) is 1.14. The van der Waals surface area contributed by atoms with Crippen molar-refractivity contribution in [2.24, 2.45) is 5.92 Å². The zero-order chi connectivity index (χ0) is 8.15. The molecule has 1 radical (unpaired) electrons. The predicted molar refractivity (Wildman–Crippen MR) is 45.6 cm³/mol. The van der Waals surface area contributed by atoms with Gasteiger partial charge in [-0.25, -0.2) is 4.84 Å². The van der Waals surface area contributed by atoms with Gasteiger partial charge in [0.15, 0.2) is 0 Å². The third-order valence-corrected chi connectivity index (χ3v) is 1.40. The van der Waals surface area contributed by atoms with Crippen molar-refractivity contribution in [3.05, 3.63) is 0 Å². The molecule has 0 amide bonds. The zero-order valence-electron chi connectivity index (χ0n) is 7.10. The van der Waals surface area contributed by atoms with E-state index in [1.165, 1.54) is 0 Å². The van der Waals surface area contributed by atoms with Gasteiger partial charge in [-0.15, -0.1) is 0 Å². The third kappa shape index (κ3) is 7.09. The number of aliphatic carboxylic acids is 1. The Bertz CT molecular complexity index is 121. The van der Waals surface area contributed by atoms with E-state index >= 15 is 0 Å². The van der Waals surface area contributed by atoms with Crippen molar-refractivity contribution in [2.45, 2.75) is 26.3 Å². The number of hydrogen-bond donors (Lipinski definition) is 2. The van der Waals surface area contributed by atoms with Crippen LogP contribution >= 0.6 is 11.8 Å². The molecule has 0 heterocycles. The zero-order valence-corrected chi connectivity index (χ0v) is 9.85. The summed E-state index contributed by atoms with van der Waals surface area (Å²) in [6, 6.07) is -0.623. The molecule has 0 saturated heterocycles. The van der Waals surface area contributed by atoms with E-state index in [1.807, 2.05) is 13.8 Å². The molecule has 0 rings (SSSR count). The van der Waals surface area contributed by atoms with Crippen LogP contribution in [-0.4, -0.2) is 46.7 Å². The summed E-state index contributed by atoms with van der Waals surface area (Å²) in [6.45, 7) is 3.90. The molecule has 1 atom stereocenters. The van der Waals surface area contributed by atoms with Gasteiger partial charge in [-0.3, -0.25) is 4.79 Å². The molecule has 61 valence electrons. The molecule has 0 aromatic rings. The van der Waals surface area contributed by atoms with E-state index in [9.17, 15) is 4.79 Å². The molecule has 0 aliphatic rings. The molecule has 5 heteroatoms. The van der Waals surface area contributed by atoms with Gasteiger partial charge in [0.25, 0.3) is 0 Å². The maximum absolute atomic E-state index is 10.3. The molecule has 0 spiro atoms. The molecule has 0 aliphatic carbocycles. The first-order valence-corrected chi connectivity index (χ1v) is 3.54. The second kappa shape index (κ2) is 7.37. The summed E-state index contributed by atoms with van der Waals surface area (Å²) in [5.74, 6) is -0.559. The van der Waals surface area contributed by atoms with E-state index in [0.29, 0.717) is 12.3 Å². The predicted octanol–water partition coefficient (Wildman–Crippen LogP) is 0.848. The summed E-state index contributed by atoms with van der Waals surface area (Å²) in [5, 5.41) is 8.48. The van der Waals surface area contributed by atoms with Gasteiger partial charge >= 0.3 is 5.97 Å². The summed E-state index contributed by atoms with van der Waals surface area (Å²) >= 11 is 5.18. The Kier molecular flexibility index (Phi) is 9.56. The van der Waals surface area contributed by atoms with E-state index in [2.05, 4.69) is 4.84 Å². The van der Waals surface area contributed by atoms with Gasteiger partial charge in [-0.2, -0.15) is 0 Å². The maximum atomic E-state index is 10.3. The Hall–Kier alpha value is 0.720. The van der Waals surface area contributed by atoms with Gasteiger partial charge in [-0.1, -0.05) is 13.8 Å². The van der Waals surface area contributed by atoms with Crippen molar-refractivity contribution in [3.8, 4) is 0 Å². The van der Waals surface area contributed by atoms with Crippen molar-refractivity contribution in [1.82, 2.24) is 4.84 Å². The van der Waals surface area contributed by atoms with Crippen molar-refractivity contribution >= 4 is 47.3 Å². The first kappa shape index (κ1) is 14.3. The molecule has 0 unspecified atom stereocenters. The van der Waals surface area contributed by atoms with Gasteiger partial charge < -0.3 is 5.11 Å². The van der Waals surface area contributed by atoms with Gasteiger partial charge in [-0.05, 0) is 24.1 Å². The van der Waals surface area contributed by atoms with Crippen molar-refractivity contribution in [3.63, 3.8) is 0 Å². The van der Waals surface area contributed by atoms with Crippen LogP contribution in [0.2, 0.25) is 0 Å². The molecule has 0 aliphatic heterocycles. The van der Waals surface area contributed by atoms with E-state index in [4.69, 9.17) is 16.9 Å². The van der Waals surface area contributed by atoms with Crippen LogP contribution in [0.15, 0.2) is 0 Å². The van der Waals surface area contributed by atoms with Gasteiger partial charge in [0.2, 0.25) is 0 Å². The molecule has 0 aromatic heterocycles. The molecule has 3 nitrogen and oxygen atoms in total. The Morgan fingerprint density at radius 3 is 2.18 bits per heavy atom. The van der Waals surface area contributed by atoms with Crippen LogP contribution in [0, 0.1) is 5.92 Å². The molecule has 2 N–H and O–H groups in total. The van der Waals surface area contributed by atoms with E-state index < -0.39 is 12.0 Å². The number of nitrogens with one attached hydrogen (secondary N) is 1. The van der Waals surface area contributed by atoms with Crippen LogP contribution in [0.5, 0.6) is 0 Å². The quantitative estimate of drug-likeness (QED) is 0.508. The van der Waals surface area contributed by atoms with Gasteiger partial charge in [0.1, 0.15) is 6.04 Å². The number of halogens is 1. The van der Waals surface area contributed by atoms with Crippen molar-refractivity contribution in [1.29, 1.82) is 0 Å². The molecular formula is C6H12ClNNaO2. The molecular weight excluding hydrogens is 177 g/mol. The summed E-state index contributed by atoms with van der Waals surface area (Å²) < 4.78 is 0. The van der Waals surface area contributed by atoms with Crippen LogP contribution in [0.4, 0.5) is 0 Å². The van der Waals surface area contributed by atoms with E-state index in [0.717, 1.165) is 0 Å². The van der Waals surface area contributed by atoms with Crippen LogP contribution in [-0.2, 0) is 4.79 Å². The minimum atomic E-state index is -0.899. The first-order chi connectivity index (χ1) is 4.57. The van der Waals surface area contributed by atoms with Crippen molar-refractivity contribution < 1.29 is 9.90 Å². The van der Waals surface area contributed by atoms with Crippen LogP contribution < -0.4 is 4.84 Å². The summed E-state index contributed by atoms with van der Waals surface area (Å²) in [4.78, 5) is 12.5. The Morgan fingerprint density at radius 1 is 1.64 bits per heavy atom. The molecule has 0 saturated carbocycles. The summed E-state index contributed by atoms with van der Waals surface area (Å²) in [6.07, 6.45) is 0.554. The molecule has 0 bridgehead atoms. The van der Waals surface area contributed by atoms with Crippen LogP contribution in [0.3, 0.4) is 0 Å². The molecule has 0 fully saturated rings. The minimum absolute atomic E-state index is 0. The fourth-order valence-corrected chi connectivity index (χ4v) is 0.846. The second-order valence-corrected chi connectivity index (χ2v) is 2.85. The van der Waals surface area contributed by atoms with Gasteiger partial charge in [0.05, 0.1) is 0 Å². The molecule has 0 aromatic carbocycles. The normalized spacial score (nSPS) is 12.4. The maximum Gasteiger partial charge on any atom is 0.321 e. The van der Waals surface area contributed by atoms with Crippen LogP contribution in [0.1, 0.15) is 20.3 Å². The SMILES string of the molecule is CC(C)C[C@H](NCl)C(=O)O.[Na]. The van der Waals surface area contributed by atoms with Gasteiger partial charge in [0, 0.05) is 29.6 Å². The average Bonchev–Trinajstić information content (AvgIpc) is 1.81. The molecule has 11 heavy (non-hydrogen) atoms. The number of carboxylic acid groups (broad SMARTS) is 1. The number of carboxylic acids is 1. The monoisotopic (exact) mass is 188 g/mol. The number of hydrogen-bond acceptors (Lipinski definition) is 2. The fraction of sp³-hybridized carbons (Fsp3) is 0.833. The van der Waals surface area contributed by atoms with E-state index in [1.54, 1.807) is 0 Å². The Morgan fingerprint density at radius 2 is 2.09 bits per heavy atom. The Balaban J connectivity index is 0.